The fourth-order valence-corrected chi connectivity index (χ4v) is 2.40. The zero-order chi connectivity index (χ0) is 15.0. The van der Waals surface area contributed by atoms with E-state index in [0.29, 0.717) is 5.69 Å². The van der Waals surface area contributed by atoms with Gasteiger partial charge in [-0.3, -0.25) is 10.3 Å². The molecule has 2 N–H and O–H groups in total. The van der Waals surface area contributed by atoms with E-state index in [2.05, 4.69) is 15.3 Å². The lowest BCUT2D eigenvalue weighted by molar-refractivity contribution is 0.130. The first-order valence-corrected chi connectivity index (χ1v) is 6.89. The predicted molar refractivity (Wildman–Crippen MR) is 83.6 cm³/mol. The van der Waals surface area contributed by atoms with Gasteiger partial charge in [-0.1, -0.05) is 6.07 Å². The number of pyridine rings is 1. The van der Waals surface area contributed by atoms with Crippen LogP contribution >= 0.6 is 0 Å². The molecule has 2 aromatic heterocycles. The van der Waals surface area contributed by atoms with E-state index in [-0.39, 0.29) is 6.10 Å². The Hall–Kier alpha value is -2.56. The number of carbonyl (C=O) groups excluding carboxylic acids is 1. The van der Waals surface area contributed by atoms with Crippen molar-refractivity contribution in [2.24, 2.45) is 0 Å². The van der Waals surface area contributed by atoms with Gasteiger partial charge in [0.15, 0.2) is 0 Å². The molecule has 5 heteroatoms. The van der Waals surface area contributed by atoms with Gasteiger partial charge in [0, 0.05) is 28.2 Å². The van der Waals surface area contributed by atoms with Crippen molar-refractivity contribution in [1.29, 1.82) is 0 Å². The summed E-state index contributed by atoms with van der Waals surface area (Å²) in [5, 5.41) is 4.97. The van der Waals surface area contributed by atoms with Gasteiger partial charge in [0.2, 0.25) is 0 Å². The van der Waals surface area contributed by atoms with Crippen molar-refractivity contribution < 1.29 is 9.53 Å². The summed E-state index contributed by atoms with van der Waals surface area (Å²) < 4.78 is 5.07. The fraction of sp³-hybridized carbons (Fsp3) is 0.250. The molecule has 0 aliphatic heterocycles. The van der Waals surface area contributed by atoms with Gasteiger partial charge >= 0.3 is 6.09 Å². The van der Waals surface area contributed by atoms with Crippen molar-refractivity contribution in [2.75, 3.05) is 5.32 Å². The van der Waals surface area contributed by atoms with Crippen LogP contribution in [0, 0.1) is 6.92 Å². The zero-order valence-corrected chi connectivity index (χ0v) is 12.2. The first kappa shape index (κ1) is 13.4. The smallest absolute Gasteiger partial charge is 0.411 e. The topological polar surface area (TPSA) is 67.0 Å². The molecule has 1 aromatic carbocycles. The lowest BCUT2D eigenvalue weighted by atomic mass is 10.1. The van der Waals surface area contributed by atoms with Crippen LogP contribution in [0.1, 0.15) is 19.5 Å². The molecule has 0 unspecified atom stereocenters. The van der Waals surface area contributed by atoms with Crippen LogP contribution in [-0.2, 0) is 4.74 Å². The Bertz CT molecular complexity index is 821. The molecule has 0 aliphatic rings. The molecule has 3 aromatic rings. The number of hydrogen-bond donors (Lipinski definition) is 2. The van der Waals surface area contributed by atoms with E-state index in [0.717, 1.165) is 27.5 Å². The highest BCUT2D eigenvalue weighted by Crippen LogP contribution is 2.28. The maximum absolute atomic E-state index is 11.6. The zero-order valence-electron chi connectivity index (χ0n) is 12.2. The largest absolute Gasteiger partial charge is 0.447 e. The maximum atomic E-state index is 11.6. The molecule has 0 saturated heterocycles. The molecular weight excluding hydrogens is 266 g/mol. The summed E-state index contributed by atoms with van der Waals surface area (Å²) in [5.41, 5.74) is 3.64. The highest BCUT2D eigenvalue weighted by atomic mass is 16.6. The van der Waals surface area contributed by atoms with E-state index in [1.165, 1.54) is 0 Å². The Morgan fingerprint density at radius 2 is 2.10 bits per heavy atom. The van der Waals surface area contributed by atoms with Crippen molar-refractivity contribution >= 4 is 33.6 Å². The minimum Gasteiger partial charge on any atom is -0.447 e. The van der Waals surface area contributed by atoms with Gasteiger partial charge in [0.1, 0.15) is 0 Å². The maximum Gasteiger partial charge on any atom is 0.411 e. The molecule has 0 saturated carbocycles. The summed E-state index contributed by atoms with van der Waals surface area (Å²) in [7, 11) is 0. The predicted octanol–water partition coefficient (Wildman–Crippen LogP) is 3.98. The second-order valence-electron chi connectivity index (χ2n) is 5.28. The third kappa shape index (κ3) is 2.54. The number of carbonyl (C=O) groups is 1. The van der Waals surface area contributed by atoms with Gasteiger partial charge in [-0.25, -0.2) is 4.79 Å². The summed E-state index contributed by atoms with van der Waals surface area (Å²) in [6.07, 6.45) is 1.21. The average Bonchev–Trinajstić information content (AvgIpc) is 2.77. The molecular formula is C16H17N3O2. The first-order chi connectivity index (χ1) is 10.0. The minimum absolute atomic E-state index is 0.143. The van der Waals surface area contributed by atoms with Gasteiger partial charge in [-0.2, -0.15) is 0 Å². The Labute approximate surface area is 122 Å². The molecule has 0 fully saturated rings. The Kier molecular flexibility index (Phi) is 3.25. The molecule has 3 rings (SSSR count). The van der Waals surface area contributed by atoms with Crippen molar-refractivity contribution in [2.45, 2.75) is 26.9 Å². The van der Waals surface area contributed by atoms with Crippen molar-refractivity contribution in [3.8, 4) is 0 Å². The number of aryl methyl sites for hydroxylation is 1. The molecule has 2 heterocycles. The second kappa shape index (κ2) is 5.09. The van der Waals surface area contributed by atoms with E-state index in [1.807, 2.05) is 45.0 Å². The van der Waals surface area contributed by atoms with Gasteiger partial charge in [0.25, 0.3) is 0 Å². The van der Waals surface area contributed by atoms with E-state index in [4.69, 9.17) is 4.74 Å². The molecule has 0 radical (unpaired) electrons. The molecule has 108 valence electrons. The third-order valence-electron chi connectivity index (χ3n) is 3.30. The number of benzene rings is 1. The number of amides is 1. The standard InChI is InChI=1S/C16H17N3O2/c1-9(2)21-16(20)18-11-4-5-12-13-6-7-17-10(3)15(13)19-14(12)8-11/h4-9,19H,1-3H3,(H,18,20). The number of ether oxygens (including phenoxy) is 1. The summed E-state index contributed by atoms with van der Waals surface area (Å²) in [6, 6.07) is 7.74. The Balaban J connectivity index is 1.99. The molecule has 0 spiro atoms. The second-order valence-corrected chi connectivity index (χ2v) is 5.28. The van der Waals surface area contributed by atoms with Crippen LogP contribution in [0.3, 0.4) is 0 Å². The highest BCUT2D eigenvalue weighted by Gasteiger charge is 2.09. The van der Waals surface area contributed by atoms with Crippen LogP contribution in [0.2, 0.25) is 0 Å². The minimum atomic E-state index is -0.446. The van der Waals surface area contributed by atoms with Crippen molar-refractivity contribution in [3.05, 3.63) is 36.2 Å². The number of rotatable bonds is 2. The van der Waals surface area contributed by atoms with Gasteiger partial charge in [-0.05, 0) is 39.0 Å². The lowest BCUT2D eigenvalue weighted by Crippen LogP contribution is -2.17. The number of nitrogens with one attached hydrogen (secondary N) is 2. The van der Waals surface area contributed by atoms with Gasteiger partial charge in [0.05, 0.1) is 17.3 Å². The number of aromatic amines is 1. The van der Waals surface area contributed by atoms with E-state index in [1.54, 1.807) is 6.20 Å². The van der Waals surface area contributed by atoms with Gasteiger partial charge < -0.3 is 9.72 Å². The number of H-pyrrole nitrogens is 1. The summed E-state index contributed by atoms with van der Waals surface area (Å²) >= 11 is 0. The fourth-order valence-electron chi connectivity index (χ4n) is 2.40. The Morgan fingerprint density at radius 1 is 1.29 bits per heavy atom. The normalized spacial score (nSPS) is 11.2. The monoisotopic (exact) mass is 283 g/mol. The summed E-state index contributed by atoms with van der Waals surface area (Å²) in [4.78, 5) is 19.3. The van der Waals surface area contributed by atoms with Crippen molar-refractivity contribution in [1.82, 2.24) is 9.97 Å². The SMILES string of the molecule is Cc1nccc2c1[nH]c1cc(NC(=O)OC(C)C)ccc12. The number of hydrogen-bond acceptors (Lipinski definition) is 3. The van der Waals surface area contributed by atoms with Crippen LogP contribution in [0.4, 0.5) is 10.5 Å². The quantitative estimate of drug-likeness (QED) is 0.747. The lowest BCUT2D eigenvalue weighted by Gasteiger charge is -2.09. The van der Waals surface area contributed by atoms with Crippen LogP contribution in [0.25, 0.3) is 21.8 Å². The Morgan fingerprint density at radius 3 is 2.86 bits per heavy atom. The third-order valence-corrected chi connectivity index (χ3v) is 3.30. The van der Waals surface area contributed by atoms with Crippen molar-refractivity contribution in [3.63, 3.8) is 0 Å². The number of anilines is 1. The first-order valence-electron chi connectivity index (χ1n) is 6.89. The van der Waals surface area contributed by atoms with Crippen LogP contribution in [0.15, 0.2) is 30.5 Å². The van der Waals surface area contributed by atoms with E-state index < -0.39 is 6.09 Å². The molecule has 21 heavy (non-hydrogen) atoms. The van der Waals surface area contributed by atoms with Crippen LogP contribution in [-0.4, -0.2) is 22.2 Å². The van der Waals surface area contributed by atoms with Gasteiger partial charge in [-0.15, -0.1) is 0 Å². The van der Waals surface area contributed by atoms with Crippen LogP contribution < -0.4 is 5.32 Å². The number of fused-ring (bicyclic) bond motifs is 3. The average molecular weight is 283 g/mol. The highest BCUT2D eigenvalue weighted by molar-refractivity contribution is 6.08. The molecule has 0 atom stereocenters. The number of nitrogens with zero attached hydrogens (tertiary/aromatic N) is 1. The molecule has 0 bridgehead atoms. The molecule has 1 amide bonds. The summed E-state index contributed by atoms with van der Waals surface area (Å²) in [6.45, 7) is 5.60. The molecule has 0 aliphatic carbocycles. The number of aromatic nitrogens is 2. The van der Waals surface area contributed by atoms with E-state index >= 15 is 0 Å². The summed E-state index contributed by atoms with van der Waals surface area (Å²) in [5.74, 6) is 0. The van der Waals surface area contributed by atoms with E-state index in [9.17, 15) is 4.79 Å². The van der Waals surface area contributed by atoms with Crippen LogP contribution in [0.5, 0.6) is 0 Å². The molecule has 5 nitrogen and oxygen atoms in total.